The van der Waals surface area contributed by atoms with Crippen molar-refractivity contribution in [3.63, 3.8) is 0 Å². The van der Waals surface area contributed by atoms with Crippen molar-refractivity contribution < 1.29 is 36.0 Å². The number of benzene rings is 2. The molecule has 0 atom stereocenters. The van der Waals surface area contributed by atoms with Gasteiger partial charge in [-0.2, -0.15) is 26.3 Å². The number of hydrogen-bond donors (Lipinski definition) is 0. The van der Waals surface area contributed by atoms with Crippen molar-refractivity contribution in [3.05, 3.63) is 64.2 Å². The van der Waals surface area contributed by atoms with Gasteiger partial charge in [-0.25, -0.2) is 0 Å². The van der Waals surface area contributed by atoms with Gasteiger partial charge in [-0.1, -0.05) is 12.1 Å². The van der Waals surface area contributed by atoms with Crippen LogP contribution < -0.4 is 4.74 Å². The first-order chi connectivity index (χ1) is 11.5. The Morgan fingerprint density at radius 2 is 1.20 bits per heavy atom. The lowest BCUT2D eigenvalue weighted by Gasteiger charge is -2.23. The number of nitro benzene ring substituents is 1. The van der Waals surface area contributed by atoms with E-state index in [4.69, 9.17) is 4.74 Å². The van der Waals surface area contributed by atoms with E-state index in [9.17, 15) is 36.5 Å². The smallest absolute Gasteiger partial charge is 0.404 e. The molecule has 2 aromatic rings. The largest absolute Gasteiger partial charge is 0.457 e. The Hall–Kier alpha value is -2.78. The van der Waals surface area contributed by atoms with Gasteiger partial charge in [0.05, 0.1) is 4.92 Å². The maximum absolute atomic E-state index is 12.6. The molecule has 0 aliphatic heterocycles. The molecule has 0 amide bonds. The fourth-order valence-corrected chi connectivity index (χ4v) is 2.06. The molecule has 0 aromatic heterocycles. The van der Waals surface area contributed by atoms with Gasteiger partial charge in [-0.15, -0.1) is 0 Å². The van der Waals surface area contributed by atoms with E-state index in [2.05, 4.69) is 0 Å². The first-order valence-corrected chi connectivity index (χ1v) is 6.64. The van der Waals surface area contributed by atoms with Gasteiger partial charge in [0.25, 0.3) is 5.69 Å². The second-order valence-electron chi connectivity index (χ2n) is 4.94. The highest BCUT2D eigenvalue weighted by Gasteiger charge is 2.57. The summed E-state index contributed by atoms with van der Waals surface area (Å²) in [7, 11) is 0. The van der Waals surface area contributed by atoms with Crippen molar-refractivity contribution in [3.8, 4) is 11.5 Å². The number of nitrogens with zero attached hydrogens (tertiary/aromatic N) is 1. The predicted molar refractivity (Wildman–Crippen MR) is 74.5 cm³/mol. The monoisotopic (exact) mass is 365 g/mol. The summed E-state index contributed by atoms with van der Waals surface area (Å²) in [6.07, 6.45) is -10.9. The Kier molecular flexibility index (Phi) is 4.91. The van der Waals surface area contributed by atoms with Gasteiger partial charge in [-0.3, -0.25) is 10.1 Å². The maximum Gasteiger partial charge on any atom is 0.404 e. The van der Waals surface area contributed by atoms with E-state index in [1.807, 2.05) is 0 Å². The van der Waals surface area contributed by atoms with Crippen LogP contribution in [0.5, 0.6) is 11.5 Å². The van der Waals surface area contributed by atoms with Gasteiger partial charge in [0.15, 0.2) is 5.92 Å². The minimum absolute atomic E-state index is 0.0132. The summed E-state index contributed by atoms with van der Waals surface area (Å²) in [4.78, 5) is 9.88. The molecule has 10 heteroatoms. The van der Waals surface area contributed by atoms with Gasteiger partial charge in [0.1, 0.15) is 11.5 Å². The molecule has 0 saturated heterocycles. The second kappa shape index (κ2) is 6.61. The molecule has 2 rings (SSSR count). The normalized spacial score (nSPS) is 12.3. The van der Waals surface area contributed by atoms with E-state index < -0.39 is 28.8 Å². The second-order valence-corrected chi connectivity index (χ2v) is 4.94. The van der Waals surface area contributed by atoms with Crippen LogP contribution in [0.25, 0.3) is 0 Å². The number of rotatable bonds is 4. The van der Waals surface area contributed by atoms with E-state index in [-0.39, 0.29) is 17.2 Å². The van der Waals surface area contributed by atoms with Crippen LogP contribution in [0.15, 0.2) is 48.5 Å². The summed E-state index contributed by atoms with van der Waals surface area (Å²) in [5.74, 6) is -3.46. The van der Waals surface area contributed by atoms with Crippen LogP contribution in [-0.2, 0) is 0 Å². The van der Waals surface area contributed by atoms with Crippen LogP contribution >= 0.6 is 0 Å². The van der Waals surface area contributed by atoms with Crippen LogP contribution in [0.2, 0.25) is 0 Å². The van der Waals surface area contributed by atoms with E-state index >= 15 is 0 Å². The first-order valence-electron chi connectivity index (χ1n) is 6.64. The van der Waals surface area contributed by atoms with E-state index in [0.29, 0.717) is 12.1 Å². The summed E-state index contributed by atoms with van der Waals surface area (Å²) < 4.78 is 81.1. The van der Waals surface area contributed by atoms with Crippen LogP contribution in [0.4, 0.5) is 32.0 Å². The Bertz CT molecular complexity index is 724. The molecular weight excluding hydrogens is 356 g/mol. The molecular formula is C15H9F6NO3. The molecule has 134 valence electrons. The molecule has 0 aliphatic rings. The Morgan fingerprint density at radius 1 is 0.800 bits per heavy atom. The van der Waals surface area contributed by atoms with Crippen molar-refractivity contribution in [2.45, 2.75) is 18.3 Å². The predicted octanol–water partition coefficient (Wildman–Crippen LogP) is 5.60. The number of halogens is 6. The molecule has 0 unspecified atom stereocenters. The third-order valence-electron chi connectivity index (χ3n) is 3.15. The quantitative estimate of drug-likeness (QED) is 0.403. The fourth-order valence-electron chi connectivity index (χ4n) is 2.06. The molecule has 0 fully saturated rings. The van der Waals surface area contributed by atoms with E-state index in [1.165, 1.54) is 12.1 Å². The van der Waals surface area contributed by atoms with Crippen molar-refractivity contribution in [1.29, 1.82) is 0 Å². The molecule has 0 radical (unpaired) electrons. The third kappa shape index (κ3) is 4.61. The molecule has 0 spiro atoms. The Labute approximate surface area is 136 Å². The maximum atomic E-state index is 12.6. The number of ether oxygens (including phenoxy) is 1. The molecule has 2 aromatic carbocycles. The molecule has 0 bridgehead atoms. The highest BCUT2D eigenvalue weighted by molar-refractivity contribution is 5.39. The summed E-state index contributed by atoms with van der Waals surface area (Å²) >= 11 is 0. The van der Waals surface area contributed by atoms with Crippen LogP contribution in [0, 0.1) is 10.1 Å². The Morgan fingerprint density at radius 3 is 1.56 bits per heavy atom. The first kappa shape index (κ1) is 18.6. The molecule has 4 nitrogen and oxygen atoms in total. The molecule has 0 N–H and O–H groups in total. The summed E-state index contributed by atoms with van der Waals surface area (Å²) in [6.45, 7) is 0. The summed E-state index contributed by atoms with van der Waals surface area (Å²) in [6, 6.07) is 8.06. The number of nitro groups is 1. The zero-order chi connectivity index (χ0) is 18.8. The number of hydrogen-bond acceptors (Lipinski definition) is 3. The average molecular weight is 365 g/mol. The highest BCUT2D eigenvalue weighted by atomic mass is 19.4. The lowest BCUT2D eigenvalue weighted by atomic mass is 9.98. The van der Waals surface area contributed by atoms with E-state index in [0.717, 1.165) is 24.3 Å². The Balaban J connectivity index is 2.20. The lowest BCUT2D eigenvalue weighted by Crippen LogP contribution is -2.34. The molecule has 25 heavy (non-hydrogen) atoms. The zero-order valence-electron chi connectivity index (χ0n) is 12.1. The van der Waals surface area contributed by atoms with Crippen molar-refractivity contribution in [2.24, 2.45) is 0 Å². The van der Waals surface area contributed by atoms with Crippen molar-refractivity contribution >= 4 is 5.69 Å². The molecule has 0 aliphatic carbocycles. The topological polar surface area (TPSA) is 52.4 Å². The number of non-ortho nitro benzene ring substituents is 1. The fraction of sp³-hybridized carbons (Fsp3) is 0.200. The standard InChI is InChI=1S/C15H9F6NO3/c16-14(17,18)13(15(19,20)21)9-1-5-11(6-2-9)25-12-7-3-10(4-8-12)22(23)24/h1-8,13H. The van der Waals surface area contributed by atoms with Gasteiger partial charge < -0.3 is 4.74 Å². The van der Waals surface area contributed by atoms with Crippen LogP contribution in [0.3, 0.4) is 0 Å². The SMILES string of the molecule is O=[N+]([O-])c1ccc(Oc2ccc(C(C(F)(F)F)C(F)(F)F)cc2)cc1. The molecule has 0 heterocycles. The third-order valence-corrected chi connectivity index (χ3v) is 3.15. The zero-order valence-corrected chi connectivity index (χ0v) is 12.1. The minimum Gasteiger partial charge on any atom is -0.457 e. The molecule has 0 saturated carbocycles. The summed E-state index contributed by atoms with van der Waals surface area (Å²) in [5.41, 5.74) is -1.16. The minimum atomic E-state index is -5.47. The van der Waals surface area contributed by atoms with Gasteiger partial charge in [-0.05, 0) is 29.8 Å². The van der Waals surface area contributed by atoms with Crippen molar-refractivity contribution in [1.82, 2.24) is 0 Å². The van der Waals surface area contributed by atoms with Crippen LogP contribution in [-0.4, -0.2) is 17.3 Å². The lowest BCUT2D eigenvalue weighted by molar-refractivity contribution is -0.384. The summed E-state index contributed by atoms with van der Waals surface area (Å²) in [5, 5.41) is 10.5. The van der Waals surface area contributed by atoms with E-state index in [1.54, 1.807) is 0 Å². The van der Waals surface area contributed by atoms with Crippen molar-refractivity contribution in [2.75, 3.05) is 0 Å². The average Bonchev–Trinajstić information content (AvgIpc) is 2.47. The van der Waals surface area contributed by atoms with Crippen LogP contribution in [0.1, 0.15) is 11.5 Å². The van der Waals surface area contributed by atoms with Gasteiger partial charge in [0.2, 0.25) is 0 Å². The highest BCUT2D eigenvalue weighted by Crippen LogP contribution is 2.46. The van der Waals surface area contributed by atoms with Gasteiger partial charge in [0, 0.05) is 12.1 Å². The number of alkyl halides is 6. The van der Waals surface area contributed by atoms with Gasteiger partial charge >= 0.3 is 12.4 Å².